The van der Waals surface area contributed by atoms with Crippen LogP contribution < -0.4 is 0 Å². The Morgan fingerprint density at radius 2 is 1.80 bits per heavy atom. The van der Waals surface area contributed by atoms with Crippen molar-refractivity contribution in [3.8, 4) is 5.69 Å². The minimum absolute atomic E-state index is 0.502. The fourth-order valence-corrected chi connectivity index (χ4v) is 2.73. The van der Waals surface area contributed by atoms with Gasteiger partial charge in [0.2, 0.25) is 0 Å². The molecule has 0 fully saturated rings. The van der Waals surface area contributed by atoms with Gasteiger partial charge in [-0.1, -0.05) is 17.7 Å². The maximum absolute atomic E-state index is 6.09. The molecule has 0 spiro atoms. The lowest BCUT2D eigenvalue weighted by Gasteiger charge is -2.11. The summed E-state index contributed by atoms with van der Waals surface area (Å²) in [6, 6.07) is 10.7. The molecule has 0 saturated heterocycles. The first kappa shape index (κ1) is 13.2. The largest absolute Gasteiger partial charge is 0.299 e. The van der Waals surface area contributed by atoms with Crippen LogP contribution in [0.15, 0.2) is 36.7 Å². The summed E-state index contributed by atoms with van der Waals surface area (Å²) in [5, 5.41) is 0. The Hall–Kier alpha value is -1.80. The molecule has 2 nitrogen and oxygen atoms in total. The van der Waals surface area contributed by atoms with E-state index in [4.69, 9.17) is 11.6 Å². The lowest BCUT2D eigenvalue weighted by atomic mass is 10.1. The minimum atomic E-state index is 0.502. The van der Waals surface area contributed by atoms with Crippen molar-refractivity contribution in [2.45, 2.75) is 26.7 Å². The van der Waals surface area contributed by atoms with Gasteiger partial charge in [0.1, 0.15) is 6.33 Å². The molecule has 0 aliphatic heterocycles. The number of alkyl halides is 1. The van der Waals surface area contributed by atoms with Crippen LogP contribution in [0.5, 0.6) is 0 Å². The van der Waals surface area contributed by atoms with Crippen LogP contribution in [-0.2, 0) is 5.88 Å². The Bertz CT molecular complexity index is 787. The number of aromatic nitrogens is 2. The van der Waals surface area contributed by atoms with E-state index < -0.39 is 0 Å². The number of hydrogen-bond acceptors (Lipinski definition) is 1. The quantitative estimate of drug-likeness (QED) is 0.624. The highest BCUT2D eigenvalue weighted by atomic mass is 35.5. The predicted molar refractivity (Wildman–Crippen MR) is 84.8 cm³/mol. The molecule has 0 radical (unpaired) electrons. The maximum Gasteiger partial charge on any atom is 0.100 e. The fraction of sp³-hybridized carbons (Fsp3) is 0.235. The van der Waals surface area contributed by atoms with Crippen LogP contribution in [0, 0.1) is 20.8 Å². The van der Waals surface area contributed by atoms with E-state index in [1.54, 1.807) is 0 Å². The Morgan fingerprint density at radius 3 is 2.55 bits per heavy atom. The van der Waals surface area contributed by atoms with Gasteiger partial charge in [-0.25, -0.2) is 4.98 Å². The zero-order chi connectivity index (χ0) is 14.3. The second-order valence-electron chi connectivity index (χ2n) is 5.31. The zero-order valence-corrected chi connectivity index (χ0v) is 12.7. The van der Waals surface area contributed by atoms with Gasteiger partial charge in [-0.15, -0.1) is 11.6 Å². The third-order valence-corrected chi connectivity index (χ3v) is 4.09. The van der Waals surface area contributed by atoms with Crippen molar-refractivity contribution in [1.82, 2.24) is 9.55 Å². The average Bonchev–Trinajstić information content (AvgIpc) is 2.82. The van der Waals surface area contributed by atoms with E-state index in [-0.39, 0.29) is 0 Å². The predicted octanol–water partition coefficient (Wildman–Crippen LogP) is 4.69. The Morgan fingerprint density at radius 1 is 1.05 bits per heavy atom. The standard InChI is InChI=1S/C17H17ClN2/c1-11-4-5-16(14(6-11)9-18)20-10-19-15-7-12(2)13(3)8-17(15)20/h4-8,10H,9H2,1-3H3. The number of halogens is 1. The van der Waals surface area contributed by atoms with Gasteiger partial charge in [-0.05, 0) is 55.7 Å². The molecule has 0 atom stereocenters. The van der Waals surface area contributed by atoms with Crippen LogP contribution in [0.1, 0.15) is 22.3 Å². The molecule has 3 aromatic rings. The van der Waals surface area contributed by atoms with Gasteiger partial charge in [0.15, 0.2) is 0 Å². The van der Waals surface area contributed by atoms with Gasteiger partial charge in [0, 0.05) is 5.88 Å². The normalized spacial score (nSPS) is 11.2. The molecular formula is C17H17ClN2. The van der Waals surface area contributed by atoms with E-state index >= 15 is 0 Å². The topological polar surface area (TPSA) is 17.8 Å². The Labute approximate surface area is 124 Å². The molecule has 0 amide bonds. The van der Waals surface area contributed by atoms with Crippen molar-refractivity contribution in [3.05, 3.63) is 58.9 Å². The van der Waals surface area contributed by atoms with Crippen molar-refractivity contribution < 1.29 is 0 Å². The fourth-order valence-electron chi connectivity index (χ4n) is 2.51. The highest BCUT2D eigenvalue weighted by Crippen LogP contribution is 2.25. The molecule has 3 heteroatoms. The summed E-state index contributed by atoms with van der Waals surface area (Å²) >= 11 is 6.09. The second-order valence-corrected chi connectivity index (χ2v) is 5.57. The number of benzene rings is 2. The smallest absolute Gasteiger partial charge is 0.100 e. The van der Waals surface area contributed by atoms with Gasteiger partial charge in [0.25, 0.3) is 0 Å². The van der Waals surface area contributed by atoms with Crippen LogP contribution in [-0.4, -0.2) is 9.55 Å². The molecule has 0 aliphatic rings. The summed E-state index contributed by atoms with van der Waals surface area (Å²) in [4.78, 5) is 4.51. The summed E-state index contributed by atoms with van der Waals surface area (Å²) in [6.07, 6.45) is 1.88. The maximum atomic E-state index is 6.09. The second kappa shape index (κ2) is 4.95. The molecule has 102 valence electrons. The molecule has 3 rings (SSSR count). The number of nitrogens with zero attached hydrogens (tertiary/aromatic N) is 2. The molecule has 0 unspecified atom stereocenters. The number of hydrogen-bond donors (Lipinski definition) is 0. The average molecular weight is 285 g/mol. The summed E-state index contributed by atoms with van der Waals surface area (Å²) in [7, 11) is 0. The van der Waals surface area contributed by atoms with E-state index in [1.165, 1.54) is 16.7 Å². The third-order valence-electron chi connectivity index (χ3n) is 3.80. The molecule has 0 saturated carbocycles. The van der Waals surface area contributed by atoms with Crippen molar-refractivity contribution >= 4 is 22.6 Å². The van der Waals surface area contributed by atoms with Gasteiger partial charge < -0.3 is 0 Å². The van der Waals surface area contributed by atoms with Crippen molar-refractivity contribution in [1.29, 1.82) is 0 Å². The number of imidazole rings is 1. The monoisotopic (exact) mass is 284 g/mol. The van der Waals surface area contributed by atoms with E-state index in [1.807, 2.05) is 6.33 Å². The van der Waals surface area contributed by atoms with Crippen molar-refractivity contribution in [2.75, 3.05) is 0 Å². The number of aryl methyl sites for hydroxylation is 3. The Kier molecular flexibility index (Phi) is 3.27. The first-order chi connectivity index (χ1) is 9.60. The minimum Gasteiger partial charge on any atom is -0.299 e. The molecule has 1 heterocycles. The summed E-state index contributed by atoms with van der Waals surface area (Å²) in [6.45, 7) is 6.33. The lowest BCUT2D eigenvalue weighted by Crippen LogP contribution is -1.98. The van der Waals surface area contributed by atoms with E-state index in [0.29, 0.717) is 5.88 Å². The first-order valence-corrected chi connectivity index (χ1v) is 7.24. The van der Waals surface area contributed by atoms with E-state index in [9.17, 15) is 0 Å². The third kappa shape index (κ3) is 2.10. The number of rotatable bonds is 2. The van der Waals surface area contributed by atoms with Crippen LogP contribution in [0.25, 0.3) is 16.7 Å². The summed E-state index contributed by atoms with van der Waals surface area (Å²) in [5.41, 5.74) is 8.15. The zero-order valence-electron chi connectivity index (χ0n) is 11.9. The highest BCUT2D eigenvalue weighted by molar-refractivity contribution is 6.17. The van der Waals surface area contributed by atoms with Crippen LogP contribution in [0.2, 0.25) is 0 Å². The van der Waals surface area contributed by atoms with Crippen molar-refractivity contribution in [3.63, 3.8) is 0 Å². The van der Waals surface area contributed by atoms with Crippen LogP contribution in [0.3, 0.4) is 0 Å². The molecule has 0 bridgehead atoms. The number of fused-ring (bicyclic) bond motifs is 1. The summed E-state index contributed by atoms with van der Waals surface area (Å²) in [5.74, 6) is 0.502. The molecule has 0 N–H and O–H groups in total. The highest BCUT2D eigenvalue weighted by Gasteiger charge is 2.10. The van der Waals surface area contributed by atoms with Gasteiger partial charge in [0.05, 0.1) is 16.7 Å². The van der Waals surface area contributed by atoms with E-state index in [2.05, 4.69) is 60.7 Å². The van der Waals surface area contributed by atoms with Crippen molar-refractivity contribution in [2.24, 2.45) is 0 Å². The Balaban J connectivity index is 2.27. The van der Waals surface area contributed by atoms with Gasteiger partial charge in [-0.3, -0.25) is 4.57 Å². The molecule has 1 aromatic heterocycles. The van der Waals surface area contributed by atoms with Crippen LogP contribution >= 0.6 is 11.6 Å². The molecule has 0 aliphatic carbocycles. The molecular weight excluding hydrogens is 268 g/mol. The van der Waals surface area contributed by atoms with Crippen LogP contribution in [0.4, 0.5) is 0 Å². The SMILES string of the molecule is Cc1ccc(-n2cnc3cc(C)c(C)cc32)c(CCl)c1. The van der Waals surface area contributed by atoms with Gasteiger partial charge in [-0.2, -0.15) is 0 Å². The molecule has 20 heavy (non-hydrogen) atoms. The molecule has 2 aromatic carbocycles. The first-order valence-electron chi connectivity index (χ1n) is 6.70. The lowest BCUT2D eigenvalue weighted by molar-refractivity contribution is 1.06. The van der Waals surface area contributed by atoms with E-state index in [0.717, 1.165) is 22.3 Å². The summed E-state index contributed by atoms with van der Waals surface area (Å²) < 4.78 is 2.12. The van der Waals surface area contributed by atoms with Gasteiger partial charge >= 0.3 is 0 Å².